The minimum atomic E-state index is 0.256. The van der Waals surface area contributed by atoms with Gasteiger partial charge in [0.25, 0.3) is 0 Å². The summed E-state index contributed by atoms with van der Waals surface area (Å²) in [5.74, 6) is 0. The zero-order chi connectivity index (χ0) is 7.11. The first-order chi connectivity index (χ1) is 4.31. The van der Waals surface area contributed by atoms with Crippen molar-refractivity contribution in [3.05, 3.63) is 12.2 Å². The van der Waals surface area contributed by atoms with Crippen LogP contribution in [-0.4, -0.2) is 12.6 Å². The van der Waals surface area contributed by atoms with Crippen LogP contribution in [0, 0.1) is 0 Å². The number of hydrogen-bond acceptors (Lipinski definition) is 2. The van der Waals surface area contributed by atoms with Gasteiger partial charge in [0.2, 0.25) is 0 Å². The van der Waals surface area contributed by atoms with E-state index in [4.69, 9.17) is 11.5 Å². The van der Waals surface area contributed by atoms with Crippen molar-refractivity contribution in [3.63, 3.8) is 0 Å². The first-order valence-electron chi connectivity index (χ1n) is 3.38. The summed E-state index contributed by atoms with van der Waals surface area (Å²) in [5, 5.41) is 0. The molecule has 0 saturated heterocycles. The van der Waals surface area contributed by atoms with Gasteiger partial charge in [-0.3, -0.25) is 0 Å². The summed E-state index contributed by atoms with van der Waals surface area (Å²) >= 11 is 0. The Balaban J connectivity index is 3.15. The van der Waals surface area contributed by atoms with Gasteiger partial charge < -0.3 is 11.5 Å². The fourth-order valence-corrected chi connectivity index (χ4v) is 0.643. The third kappa shape index (κ3) is 5.53. The fraction of sp³-hybridized carbons (Fsp3) is 0.714. The molecule has 0 aromatic carbocycles. The summed E-state index contributed by atoms with van der Waals surface area (Å²) in [6.45, 7) is 2.69. The molecule has 1 unspecified atom stereocenters. The van der Waals surface area contributed by atoms with Crippen molar-refractivity contribution in [3.8, 4) is 0 Å². The predicted octanol–water partition coefficient (Wildman–Crippen LogP) is 0.629. The van der Waals surface area contributed by atoms with Crippen molar-refractivity contribution in [2.75, 3.05) is 6.54 Å². The number of hydrogen-bond donors (Lipinski definition) is 2. The van der Waals surface area contributed by atoms with E-state index < -0.39 is 0 Å². The lowest BCUT2D eigenvalue weighted by atomic mass is 10.1. The quantitative estimate of drug-likeness (QED) is 0.545. The minimum Gasteiger partial charge on any atom is -0.330 e. The normalized spacial score (nSPS) is 14.6. The van der Waals surface area contributed by atoms with Crippen LogP contribution in [0.1, 0.15) is 19.8 Å². The van der Waals surface area contributed by atoms with E-state index in [9.17, 15) is 0 Å². The van der Waals surface area contributed by atoms with Gasteiger partial charge in [-0.1, -0.05) is 12.2 Å². The van der Waals surface area contributed by atoms with Gasteiger partial charge in [0.05, 0.1) is 0 Å². The van der Waals surface area contributed by atoms with E-state index in [0.29, 0.717) is 6.54 Å². The van der Waals surface area contributed by atoms with Gasteiger partial charge in [0, 0.05) is 6.04 Å². The lowest BCUT2D eigenvalue weighted by molar-refractivity contribution is 0.629. The molecule has 0 amide bonds. The van der Waals surface area contributed by atoms with Crippen LogP contribution < -0.4 is 11.5 Å². The molecule has 0 aliphatic heterocycles. The van der Waals surface area contributed by atoms with Crippen molar-refractivity contribution in [2.24, 2.45) is 11.5 Å². The molecule has 1 atom stereocenters. The Morgan fingerprint density at radius 3 is 2.67 bits per heavy atom. The maximum atomic E-state index is 5.64. The highest BCUT2D eigenvalue weighted by atomic mass is 14.6. The third-order valence-electron chi connectivity index (χ3n) is 1.21. The Hall–Kier alpha value is -0.340. The second-order valence-corrected chi connectivity index (χ2v) is 2.14. The van der Waals surface area contributed by atoms with Gasteiger partial charge in [-0.05, 0) is 26.3 Å². The molecule has 54 valence electrons. The molecule has 0 aromatic rings. The molecule has 0 saturated carbocycles. The molecule has 0 bridgehead atoms. The lowest BCUT2D eigenvalue weighted by Gasteiger charge is -2.04. The van der Waals surface area contributed by atoms with Crippen LogP contribution >= 0.6 is 0 Å². The van der Waals surface area contributed by atoms with Crippen molar-refractivity contribution >= 4 is 0 Å². The highest BCUT2D eigenvalue weighted by Crippen LogP contribution is 1.93. The summed E-state index contributed by atoms with van der Waals surface area (Å²) in [5.41, 5.74) is 10.9. The Bertz CT molecular complexity index is 79.0. The summed E-state index contributed by atoms with van der Waals surface area (Å²) in [4.78, 5) is 0. The first-order valence-corrected chi connectivity index (χ1v) is 3.38. The Morgan fingerprint density at radius 2 is 2.22 bits per heavy atom. The van der Waals surface area contributed by atoms with Crippen LogP contribution in [-0.2, 0) is 0 Å². The number of allylic oxidation sites excluding steroid dienone is 1. The molecular formula is C7H16N2. The largest absolute Gasteiger partial charge is 0.330 e. The highest BCUT2D eigenvalue weighted by Gasteiger charge is 1.95. The standard InChI is InChI=1S/C7H16N2/c1-2-3-4-7(9)5-6-8/h2-3,7H,4-6,8-9H2,1H3. The van der Waals surface area contributed by atoms with E-state index in [2.05, 4.69) is 6.08 Å². The second-order valence-electron chi connectivity index (χ2n) is 2.14. The lowest BCUT2D eigenvalue weighted by Crippen LogP contribution is -2.22. The Morgan fingerprint density at radius 1 is 1.56 bits per heavy atom. The smallest absolute Gasteiger partial charge is 0.00854 e. The molecule has 0 radical (unpaired) electrons. The van der Waals surface area contributed by atoms with E-state index in [0.717, 1.165) is 12.8 Å². The van der Waals surface area contributed by atoms with Crippen LogP contribution in [0.2, 0.25) is 0 Å². The molecule has 0 aromatic heterocycles. The topological polar surface area (TPSA) is 52.0 Å². The molecular weight excluding hydrogens is 112 g/mol. The Kier molecular flexibility index (Phi) is 5.57. The molecule has 0 aliphatic rings. The zero-order valence-electron chi connectivity index (χ0n) is 6.01. The van der Waals surface area contributed by atoms with Crippen LogP contribution in [0.3, 0.4) is 0 Å². The predicted molar refractivity (Wildman–Crippen MR) is 41.1 cm³/mol. The van der Waals surface area contributed by atoms with E-state index >= 15 is 0 Å². The van der Waals surface area contributed by atoms with Crippen LogP contribution in [0.4, 0.5) is 0 Å². The zero-order valence-corrected chi connectivity index (χ0v) is 6.01. The molecule has 0 rings (SSSR count). The second kappa shape index (κ2) is 5.79. The molecule has 0 spiro atoms. The monoisotopic (exact) mass is 128 g/mol. The van der Waals surface area contributed by atoms with E-state index in [-0.39, 0.29) is 6.04 Å². The SMILES string of the molecule is CC=CCC(N)CCN. The van der Waals surface area contributed by atoms with Gasteiger partial charge in [0.1, 0.15) is 0 Å². The van der Waals surface area contributed by atoms with E-state index in [1.165, 1.54) is 0 Å². The minimum absolute atomic E-state index is 0.256. The van der Waals surface area contributed by atoms with Gasteiger partial charge in [-0.15, -0.1) is 0 Å². The van der Waals surface area contributed by atoms with Crippen molar-refractivity contribution in [1.29, 1.82) is 0 Å². The van der Waals surface area contributed by atoms with Crippen molar-refractivity contribution < 1.29 is 0 Å². The average Bonchev–Trinajstić information content (AvgIpc) is 1.85. The molecule has 2 nitrogen and oxygen atoms in total. The summed E-state index contributed by atoms with van der Waals surface area (Å²) in [7, 11) is 0. The molecule has 0 fully saturated rings. The fourth-order valence-electron chi connectivity index (χ4n) is 0.643. The molecule has 4 N–H and O–H groups in total. The molecule has 9 heavy (non-hydrogen) atoms. The highest BCUT2D eigenvalue weighted by molar-refractivity contribution is 4.81. The number of rotatable bonds is 4. The van der Waals surface area contributed by atoms with Crippen LogP contribution in [0.5, 0.6) is 0 Å². The van der Waals surface area contributed by atoms with Crippen molar-refractivity contribution in [1.82, 2.24) is 0 Å². The first kappa shape index (κ1) is 8.66. The summed E-state index contributed by atoms with van der Waals surface area (Å²) in [6, 6.07) is 0.256. The van der Waals surface area contributed by atoms with Gasteiger partial charge in [0.15, 0.2) is 0 Å². The van der Waals surface area contributed by atoms with Crippen molar-refractivity contribution in [2.45, 2.75) is 25.8 Å². The Labute approximate surface area is 56.9 Å². The summed E-state index contributed by atoms with van der Waals surface area (Å²) < 4.78 is 0. The van der Waals surface area contributed by atoms with Gasteiger partial charge >= 0.3 is 0 Å². The van der Waals surface area contributed by atoms with Crippen LogP contribution in [0.25, 0.3) is 0 Å². The molecule has 0 heterocycles. The van der Waals surface area contributed by atoms with Gasteiger partial charge in [-0.25, -0.2) is 0 Å². The summed E-state index contributed by atoms with van der Waals surface area (Å²) in [6.07, 6.45) is 5.95. The maximum absolute atomic E-state index is 5.64. The third-order valence-corrected chi connectivity index (χ3v) is 1.21. The number of nitrogens with two attached hydrogens (primary N) is 2. The maximum Gasteiger partial charge on any atom is 0.00854 e. The average molecular weight is 128 g/mol. The van der Waals surface area contributed by atoms with E-state index in [1.807, 2.05) is 13.0 Å². The van der Waals surface area contributed by atoms with Crippen LogP contribution in [0.15, 0.2) is 12.2 Å². The molecule has 2 heteroatoms. The molecule has 0 aliphatic carbocycles. The van der Waals surface area contributed by atoms with E-state index in [1.54, 1.807) is 0 Å². The van der Waals surface area contributed by atoms with Gasteiger partial charge in [-0.2, -0.15) is 0 Å².